The number of aliphatic hydroxyl groups is 1. The van der Waals surface area contributed by atoms with Gasteiger partial charge in [0.25, 0.3) is 5.91 Å². The Morgan fingerprint density at radius 3 is 2.64 bits per heavy atom. The van der Waals surface area contributed by atoms with Crippen molar-refractivity contribution in [2.45, 2.75) is 51.9 Å². The number of anilines is 1. The number of hydrogen-bond acceptors (Lipinski definition) is 5. The number of rotatable bonds is 10. The van der Waals surface area contributed by atoms with Crippen molar-refractivity contribution < 1.29 is 9.90 Å². The van der Waals surface area contributed by atoms with Crippen LogP contribution in [0.5, 0.6) is 0 Å². The molecular weight excluding hydrogens is 504 g/mol. The molecule has 5 rings (SSSR count). The van der Waals surface area contributed by atoms with Crippen molar-refractivity contribution >= 4 is 34.4 Å². The first-order valence-electron chi connectivity index (χ1n) is 13.7. The van der Waals surface area contributed by atoms with E-state index in [-0.39, 0.29) is 5.91 Å². The quantitative estimate of drug-likeness (QED) is 0.243. The molecule has 3 aromatic carbocycles. The highest BCUT2D eigenvalue weighted by Crippen LogP contribution is 2.37. The minimum absolute atomic E-state index is 0.163. The lowest BCUT2D eigenvalue weighted by atomic mass is 9.99. The Kier molecular flexibility index (Phi) is 8.60. The average molecular weight is 543 g/mol. The Morgan fingerprint density at radius 1 is 1.08 bits per heavy atom. The largest absolute Gasteiger partial charge is 0.390 e. The molecule has 0 radical (unpaired) electrons. The maximum atomic E-state index is 13.7. The van der Waals surface area contributed by atoms with Gasteiger partial charge in [-0.2, -0.15) is 0 Å². The molecule has 2 heterocycles. The SMILES string of the molecule is CCc1cn2c3c(cc(C(=O)N[C@@H](Cc4ccccc4)[C@H](O)CNCc4cccc(C)c4)cc13)N(C)SCC2. The summed E-state index contributed by atoms with van der Waals surface area (Å²) in [5, 5.41) is 18.9. The Labute approximate surface area is 235 Å². The summed E-state index contributed by atoms with van der Waals surface area (Å²) in [6, 6.07) is 21.9. The molecule has 0 saturated carbocycles. The van der Waals surface area contributed by atoms with E-state index < -0.39 is 12.1 Å². The number of benzene rings is 3. The molecule has 4 aromatic rings. The van der Waals surface area contributed by atoms with E-state index in [2.05, 4.69) is 64.8 Å². The normalized spacial score (nSPS) is 14.7. The second-order valence-corrected chi connectivity index (χ2v) is 11.6. The van der Waals surface area contributed by atoms with Crippen LogP contribution < -0.4 is 14.9 Å². The molecule has 1 amide bonds. The third-order valence-corrected chi connectivity index (χ3v) is 8.43. The summed E-state index contributed by atoms with van der Waals surface area (Å²) in [4.78, 5) is 13.7. The van der Waals surface area contributed by atoms with Crippen molar-refractivity contribution in [2.24, 2.45) is 0 Å². The van der Waals surface area contributed by atoms with Crippen molar-refractivity contribution in [1.29, 1.82) is 0 Å². The predicted octanol–water partition coefficient (Wildman–Crippen LogP) is 5.10. The molecule has 1 aromatic heterocycles. The minimum atomic E-state index is -0.755. The second kappa shape index (κ2) is 12.3. The van der Waals surface area contributed by atoms with Gasteiger partial charge in [0.2, 0.25) is 0 Å². The van der Waals surface area contributed by atoms with Crippen LogP contribution in [-0.4, -0.2) is 47.1 Å². The summed E-state index contributed by atoms with van der Waals surface area (Å²) in [7, 11) is 2.07. The first kappa shape index (κ1) is 27.3. The number of nitrogens with zero attached hydrogens (tertiary/aromatic N) is 2. The average Bonchev–Trinajstić information content (AvgIpc) is 3.21. The van der Waals surface area contributed by atoms with Gasteiger partial charge in [0.15, 0.2) is 0 Å². The summed E-state index contributed by atoms with van der Waals surface area (Å²) in [6.07, 6.45) is 2.93. The van der Waals surface area contributed by atoms with Crippen LogP contribution >= 0.6 is 11.9 Å². The fraction of sp³-hybridized carbons (Fsp3) is 0.344. The van der Waals surface area contributed by atoms with Crippen molar-refractivity contribution in [2.75, 3.05) is 23.7 Å². The van der Waals surface area contributed by atoms with Gasteiger partial charge in [0.05, 0.1) is 23.3 Å². The molecule has 2 atom stereocenters. The van der Waals surface area contributed by atoms with Crippen LogP contribution in [0, 0.1) is 6.92 Å². The van der Waals surface area contributed by atoms with Crippen LogP contribution in [0.3, 0.4) is 0 Å². The van der Waals surface area contributed by atoms with Gasteiger partial charge >= 0.3 is 0 Å². The summed E-state index contributed by atoms with van der Waals surface area (Å²) in [6.45, 7) is 6.21. The van der Waals surface area contributed by atoms with E-state index in [1.165, 1.54) is 22.2 Å². The van der Waals surface area contributed by atoms with Gasteiger partial charge in [-0.05, 0) is 60.5 Å². The fourth-order valence-electron chi connectivity index (χ4n) is 5.39. The van der Waals surface area contributed by atoms with E-state index in [0.717, 1.165) is 35.4 Å². The van der Waals surface area contributed by atoms with Crippen molar-refractivity contribution in [1.82, 2.24) is 15.2 Å². The van der Waals surface area contributed by atoms with Gasteiger partial charge in [0, 0.05) is 49.6 Å². The molecule has 1 aliphatic rings. The molecular formula is C32H38N4O2S. The summed E-state index contributed by atoms with van der Waals surface area (Å²) in [5.41, 5.74) is 7.58. The van der Waals surface area contributed by atoms with Gasteiger partial charge < -0.3 is 24.6 Å². The van der Waals surface area contributed by atoms with Crippen molar-refractivity contribution in [3.05, 3.63) is 101 Å². The fourth-order valence-corrected chi connectivity index (χ4v) is 6.23. The van der Waals surface area contributed by atoms with E-state index in [1.807, 2.05) is 48.5 Å². The van der Waals surface area contributed by atoms with Crippen molar-refractivity contribution in [3.8, 4) is 0 Å². The number of aromatic nitrogens is 1. The molecule has 0 fully saturated rings. The van der Waals surface area contributed by atoms with Gasteiger partial charge in [0.1, 0.15) is 0 Å². The number of amides is 1. The lowest BCUT2D eigenvalue weighted by molar-refractivity contribution is 0.0830. The van der Waals surface area contributed by atoms with Crippen LogP contribution in [0.4, 0.5) is 5.69 Å². The lowest BCUT2D eigenvalue weighted by Crippen LogP contribution is -2.48. The van der Waals surface area contributed by atoms with E-state index in [9.17, 15) is 9.90 Å². The number of aryl methyl sites for hydroxylation is 3. The molecule has 7 heteroatoms. The third kappa shape index (κ3) is 6.32. The number of aliphatic hydroxyl groups excluding tert-OH is 1. The van der Waals surface area contributed by atoms with Crippen LogP contribution in [0.2, 0.25) is 0 Å². The smallest absolute Gasteiger partial charge is 0.251 e. The molecule has 3 N–H and O–H groups in total. The minimum Gasteiger partial charge on any atom is -0.390 e. The maximum Gasteiger partial charge on any atom is 0.251 e. The van der Waals surface area contributed by atoms with Crippen LogP contribution in [-0.2, 0) is 25.9 Å². The van der Waals surface area contributed by atoms with Crippen LogP contribution in [0.1, 0.15) is 39.5 Å². The second-order valence-electron chi connectivity index (χ2n) is 10.4. The maximum absolute atomic E-state index is 13.7. The molecule has 0 bridgehead atoms. The monoisotopic (exact) mass is 542 g/mol. The first-order valence-corrected chi connectivity index (χ1v) is 14.7. The summed E-state index contributed by atoms with van der Waals surface area (Å²) in [5.74, 6) is 0.824. The standard InChI is InChI=1S/C32H38N4O2S/c1-4-25-21-36-13-14-39-35(3)29-18-26(17-27(25)31(29)36)32(38)34-28(16-23-10-6-5-7-11-23)30(37)20-33-19-24-12-8-9-22(2)15-24/h5-12,15,17-18,21,28,30,33,37H,4,13-14,16,19-20H2,1-3H3,(H,34,38)/t28-,30+/m0/s1. The summed E-state index contributed by atoms with van der Waals surface area (Å²) >= 11 is 1.77. The molecule has 39 heavy (non-hydrogen) atoms. The molecule has 1 aliphatic heterocycles. The Hall–Kier alpha value is -3.26. The van der Waals surface area contributed by atoms with Crippen molar-refractivity contribution in [3.63, 3.8) is 0 Å². The zero-order valence-electron chi connectivity index (χ0n) is 23.0. The van der Waals surface area contributed by atoms with E-state index in [4.69, 9.17) is 0 Å². The molecule has 204 valence electrons. The molecule has 0 aliphatic carbocycles. The highest BCUT2D eigenvalue weighted by Gasteiger charge is 2.25. The van der Waals surface area contributed by atoms with Crippen LogP contribution in [0.15, 0.2) is 72.9 Å². The summed E-state index contributed by atoms with van der Waals surface area (Å²) < 4.78 is 4.50. The first-order chi connectivity index (χ1) is 18.9. The Balaban J connectivity index is 1.38. The molecule has 0 saturated heterocycles. The van der Waals surface area contributed by atoms with Gasteiger partial charge in [-0.3, -0.25) is 4.79 Å². The number of carbonyl (C=O) groups is 1. The zero-order valence-corrected chi connectivity index (χ0v) is 23.8. The molecule has 0 spiro atoms. The van der Waals surface area contributed by atoms with E-state index >= 15 is 0 Å². The van der Waals surface area contributed by atoms with Gasteiger partial charge in [-0.1, -0.05) is 67.1 Å². The number of hydrogen-bond donors (Lipinski definition) is 3. The van der Waals surface area contributed by atoms with Crippen LogP contribution in [0.25, 0.3) is 10.9 Å². The topological polar surface area (TPSA) is 69.5 Å². The van der Waals surface area contributed by atoms with Gasteiger partial charge in [-0.25, -0.2) is 0 Å². The highest BCUT2D eigenvalue weighted by molar-refractivity contribution is 8.00. The molecule has 6 nitrogen and oxygen atoms in total. The predicted molar refractivity (Wildman–Crippen MR) is 162 cm³/mol. The van der Waals surface area contributed by atoms with Gasteiger partial charge in [-0.15, -0.1) is 0 Å². The third-order valence-electron chi connectivity index (χ3n) is 7.48. The van der Waals surface area contributed by atoms with E-state index in [1.54, 1.807) is 11.9 Å². The number of nitrogens with one attached hydrogen (secondary N) is 2. The number of carbonyl (C=O) groups excluding carboxylic acids is 1. The zero-order chi connectivity index (χ0) is 27.4. The molecule has 0 unspecified atom stereocenters. The highest BCUT2D eigenvalue weighted by atomic mass is 32.2. The lowest BCUT2D eigenvalue weighted by Gasteiger charge is -2.25. The van der Waals surface area contributed by atoms with E-state index in [0.29, 0.717) is 25.1 Å². The Bertz CT molecular complexity index is 1440. The Morgan fingerprint density at radius 2 is 1.87 bits per heavy atom.